The van der Waals surface area contributed by atoms with Crippen LogP contribution in [0.1, 0.15) is 66.2 Å². The van der Waals surface area contributed by atoms with Crippen molar-refractivity contribution in [1.82, 2.24) is 10.2 Å². The maximum absolute atomic E-state index is 13.0. The van der Waals surface area contributed by atoms with Crippen LogP contribution in [-0.4, -0.2) is 34.8 Å². The molecule has 2 amide bonds. The summed E-state index contributed by atoms with van der Waals surface area (Å²) in [6.07, 6.45) is 6.67. The van der Waals surface area contributed by atoms with Gasteiger partial charge >= 0.3 is 0 Å². The van der Waals surface area contributed by atoms with E-state index in [-0.39, 0.29) is 35.9 Å². The molecular weight excluding hydrogens is 264 g/mol. The van der Waals surface area contributed by atoms with Crippen molar-refractivity contribution in [2.75, 3.05) is 0 Å². The van der Waals surface area contributed by atoms with Crippen LogP contribution >= 0.6 is 0 Å². The maximum atomic E-state index is 13.0. The molecule has 2 aliphatic rings. The first-order valence-electron chi connectivity index (χ1n) is 8.63. The minimum absolute atomic E-state index is 0.0142. The van der Waals surface area contributed by atoms with Crippen LogP contribution < -0.4 is 5.32 Å². The van der Waals surface area contributed by atoms with Gasteiger partial charge in [0, 0.05) is 6.04 Å². The van der Waals surface area contributed by atoms with Crippen LogP contribution in [0, 0.1) is 11.8 Å². The monoisotopic (exact) mass is 294 g/mol. The Labute approximate surface area is 128 Å². The van der Waals surface area contributed by atoms with Gasteiger partial charge in [-0.05, 0) is 31.6 Å². The summed E-state index contributed by atoms with van der Waals surface area (Å²) in [5.74, 6) is 0.899. The minimum atomic E-state index is -0.335. The van der Waals surface area contributed by atoms with Gasteiger partial charge in [-0.2, -0.15) is 0 Å². The topological polar surface area (TPSA) is 49.4 Å². The summed E-state index contributed by atoms with van der Waals surface area (Å²) in [5.41, 5.74) is 0. The lowest BCUT2D eigenvalue weighted by Gasteiger charge is -2.47. The Hall–Kier alpha value is -1.06. The van der Waals surface area contributed by atoms with Gasteiger partial charge in [0.1, 0.15) is 12.1 Å². The van der Waals surface area contributed by atoms with Crippen molar-refractivity contribution >= 4 is 11.8 Å². The molecule has 0 aromatic heterocycles. The van der Waals surface area contributed by atoms with Crippen LogP contribution in [0.25, 0.3) is 0 Å². The molecule has 1 saturated carbocycles. The molecule has 120 valence electrons. The highest BCUT2D eigenvalue weighted by Crippen LogP contribution is 2.33. The van der Waals surface area contributed by atoms with E-state index in [0.717, 1.165) is 19.3 Å². The summed E-state index contributed by atoms with van der Waals surface area (Å²) in [6, 6.07) is -0.406. The molecule has 5 unspecified atom stereocenters. The number of hydrogen-bond acceptors (Lipinski definition) is 2. The van der Waals surface area contributed by atoms with Gasteiger partial charge in [0.05, 0.1) is 0 Å². The van der Waals surface area contributed by atoms with Crippen molar-refractivity contribution in [2.24, 2.45) is 11.8 Å². The van der Waals surface area contributed by atoms with Crippen molar-refractivity contribution in [1.29, 1.82) is 0 Å². The lowest BCUT2D eigenvalue weighted by molar-refractivity contribution is -0.155. The molecule has 1 heterocycles. The lowest BCUT2D eigenvalue weighted by atomic mass is 9.80. The standard InChI is InChI=1S/C17H30N2O2/c1-5-11(3)15-17(21)19(12(4)16(20)18-15)14-10-8-7-9-13(14)6-2/h11-15H,5-10H2,1-4H3,(H,18,20). The zero-order valence-corrected chi connectivity index (χ0v) is 13.9. The highest BCUT2D eigenvalue weighted by molar-refractivity contribution is 5.97. The molecule has 0 aromatic carbocycles. The van der Waals surface area contributed by atoms with Crippen LogP contribution in [0.15, 0.2) is 0 Å². The first kappa shape index (κ1) is 16.3. The number of nitrogens with one attached hydrogen (secondary N) is 1. The van der Waals surface area contributed by atoms with Gasteiger partial charge in [-0.25, -0.2) is 0 Å². The van der Waals surface area contributed by atoms with Crippen LogP contribution in [0.4, 0.5) is 0 Å². The van der Waals surface area contributed by atoms with E-state index in [4.69, 9.17) is 0 Å². The molecule has 4 heteroatoms. The Kier molecular flexibility index (Phi) is 5.28. The molecule has 2 rings (SSSR count). The zero-order chi connectivity index (χ0) is 15.6. The summed E-state index contributed by atoms with van der Waals surface area (Å²) < 4.78 is 0. The van der Waals surface area contributed by atoms with Crippen LogP contribution in [-0.2, 0) is 9.59 Å². The summed E-state index contributed by atoms with van der Waals surface area (Å²) >= 11 is 0. The molecule has 0 bridgehead atoms. The smallest absolute Gasteiger partial charge is 0.246 e. The fraction of sp³-hybridized carbons (Fsp3) is 0.882. The Morgan fingerprint density at radius 2 is 1.90 bits per heavy atom. The third-order valence-corrected chi connectivity index (χ3v) is 5.58. The Morgan fingerprint density at radius 3 is 2.52 bits per heavy atom. The Morgan fingerprint density at radius 1 is 1.24 bits per heavy atom. The van der Waals surface area contributed by atoms with Crippen molar-refractivity contribution in [3.63, 3.8) is 0 Å². The normalized spacial score (nSPS) is 35.5. The molecule has 1 aliphatic heterocycles. The quantitative estimate of drug-likeness (QED) is 0.866. The fourth-order valence-electron chi connectivity index (χ4n) is 3.92. The summed E-state index contributed by atoms with van der Waals surface area (Å²) in [4.78, 5) is 27.2. The van der Waals surface area contributed by atoms with Gasteiger partial charge in [0.15, 0.2) is 0 Å². The number of nitrogens with zero attached hydrogens (tertiary/aromatic N) is 1. The summed E-state index contributed by atoms with van der Waals surface area (Å²) in [5, 5.41) is 2.94. The Balaban J connectivity index is 2.25. The second kappa shape index (κ2) is 6.80. The van der Waals surface area contributed by atoms with Gasteiger partial charge in [-0.3, -0.25) is 9.59 Å². The van der Waals surface area contributed by atoms with Crippen molar-refractivity contribution < 1.29 is 9.59 Å². The van der Waals surface area contributed by atoms with Gasteiger partial charge in [0.25, 0.3) is 0 Å². The van der Waals surface area contributed by atoms with E-state index < -0.39 is 0 Å². The van der Waals surface area contributed by atoms with E-state index in [1.54, 1.807) is 0 Å². The van der Waals surface area contributed by atoms with Crippen molar-refractivity contribution in [3.8, 4) is 0 Å². The number of hydrogen-bond donors (Lipinski definition) is 1. The maximum Gasteiger partial charge on any atom is 0.246 e. The highest BCUT2D eigenvalue weighted by Gasteiger charge is 2.45. The summed E-state index contributed by atoms with van der Waals surface area (Å²) in [6.45, 7) is 8.20. The van der Waals surface area contributed by atoms with Crippen LogP contribution in [0.2, 0.25) is 0 Å². The van der Waals surface area contributed by atoms with E-state index in [0.29, 0.717) is 5.92 Å². The number of piperazine rings is 1. The lowest BCUT2D eigenvalue weighted by Crippen LogP contribution is -2.67. The average molecular weight is 294 g/mol. The van der Waals surface area contributed by atoms with Crippen molar-refractivity contribution in [2.45, 2.75) is 84.3 Å². The van der Waals surface area contributed by atoms with Gasteiger partial charge in [-0.15, -0.1) is 0 Å². The molecule has 1 aliphatic carbocycles. The molecule has 1 N–H and O–H groups in total. The number of carbonyl (C=O) groups is 2. The van der Waals surface area contributed by atoms with Crippen LogP contribution in [0.5, 0.6) is 0 Å². The highest BCUT2D eigenvalue weighted by atomic mass is 16.2. The summed E-state index contributed by atoms with van der Waals surface area (Å²) in [7, 11) is 0. The van der Waals surface area contributed by atoms with E-state index in [9.17, 15) is 9.59 Å². The molecule has 5 atom stereocenters. The molecule has 0 spiro atoms. The van der Waals surface area contributed by atoms with Gasteiger partial charge < -0.3 is 10.2 Å². The van der Waals surface area contributed by atoms with E-state index in [2.05, 4.69) is 26.1 Å². The second-order valence-electron chi connectivity index (χ2n) is 6.81. The Bertz CT molecular complexity index is 396. The number of carbonyl (C=O) groups excluding carboxylic acids is 2. The van der Waals surface area contributed by atoms with Gasteiger partial charge in [-0.1, -0.05) is 46.5 Å². The number of rotatable bonds is 4. The van der Waals surface area contributed by atoms with Crippen LogP contribution in [0.3, 0.4) is 0 Å². The third-order valence-electron chi connectivity index (χ3n) is 5.58. The average Bonchev–Trinajstić information content (AvgIpc) is 2.50. The molecule has 21 heavy (non-hydrogen) atoms. The molecule has 1 saturated heterocycles. The third kappa shape index (κ3) is 3.09. The second-order valence-corrected chi connectivity index (χ2v) is 6.81. The first-order chi connectivity index (χ1) is 10.0. The first-order valence-corrected chi connectivity index (χ1v) is 8.63. The molecule has 2 fully saturated rings. The minimum Gasteiger partial charge on any atom is -0.342 e. The predicted octanol–water partition coefficient (Wildman–Crippen LogP) is 2.72. The van der Waals surface area contributed by atoms with E-state index in [1.165, 1.54) is 19.3 Å². The predicted molar refractivity (Wildman–Crippen MR) is 83.7 cm³/mol. The number of amides is 2. The SMILES string of the molecule is CCC(C)C1NC(=O)C(C)N(C2CCCCC2CC)C1=O. The molecule has 0 radical (unpaired) electrons. The van der Waals surface area contributed by atoms with Gasteiger partial charge in [0.2, 0.25) is 11.8 Å². The molecule has 0 aromatic rings. The molecular formula is C17H30N2O2. The largest absolute Gasteiger partial charge is 0.342 e. The fourth-order valence-corrected chi connectivity index (χ4v) is 3.92. The van der Waals surface area contributed by atoms with E-state index >= 15 is 0 Å². The molecule has 4 nitrogen and oxygen atoms in total. The van der Waals surface area contributed by atoms with Crippen molar-refractivity contribution in [3.05, 3.63) is 0 Å². The van der Waals surface area contributed by atoms with E-state index in [1.807, 2.05) is 11.8 Å². The zero-order valence-electron chi connectivity index (χ0n) is 13.9.